The van der Waals surface area contributed by atoms with Crippen molar-refractivity contribution in [2.45, 2.75) is 33.6 Å². The van der Waals surface area contributed by atoms with Gasteiger partial charge in [0.15, 0.2) is 17.3 Å². The van der Waals surface area contributed by atoms with Crippen molar-refractivity contribution in [1.82, 2.24) is 14.8 Å². The van der Waals surface area contributed by atoms with E-state index >= 15 is 0 Å². The molecule has 0 unspecified atom stereocenters. The van der Waals surface area contributed by atoms with Gasteiger partial charge in [-0.2, -0.15) is 18.3 Å². The molecule has 0 bridgehead atoms. The van der Waals surface area contributed by atoms with Gasteiger partial charge in [0.1, 0.15) is 12.4 Å². The zero-order valence-electron chi connectivity index (χ0n) is 19.6. The lowest BCUT2D eigenvalue weighted by atomic mass is 10.0. The largest absolute Gasteiger partial charge is 0.511 e. The van der Waals surface area contributed by atoms with E-state index in [2.05, 4.69) is 20.9 Å². The first-order valence-electron chi connectivity index (χ1n) is 10.9. The summed E-state index contributed by atoms with van der Waals surface area (Å²) in [5, 5.41) is 12.5. The zero-order chi connectivity index (χ0) is 26.0. The average Bonchev–Trinajstić information content (AvgIpc) is 3.23. The summed E-state index contributed by atoms with van der Waals surface area (Å²) in [6.07, 6.45) is -6.13. The lowest BCUT2D eigenvalue weighted by Crippen LogP contribution is -2.17. The number of alkyl halides is 3. The first-order valence-corrected chi connectivity index (χ1v) is 10.9. The summed E-state index contributed by atoms with van der Waals surface area (Å²) in [5.74, 6) is -0.550. The minimum atomic E-state index is -4.94. The molecule has 7 nitrogen and oxygen atoms in total. The Labute approximate surface area is 204 Å². The Morgan fingerprint density at radius 3 is 2.47 bits per heavy atom. The van der Waals surface area contributed by atoms with Crippen LogP contribution in [-0.2, 0) is 12.8 Å². The fourth-order valence-corrected chi connectivity index (χ4v) is 3.83. The fourth-order valence-electron chi connectivity index (χ4n) is 3.83. The van der Waals surface area contributed by atoms with Crippen LogP contribution in [0.25, 0.3) is 17.1 Å². The highest BCUT2D eigenvalue weighted by Crippen LogP contribution is 2.38. The van der Waals surface area contributed by atoms with E-state index in [1.807, 2.05) is 39.0 Å². The number of hydrogen-bond acceptors (Lipinski definition) is 5. The molecule has 4 aromatic rings. The third kappa shape index (κ3) is 5.17. The minimum Gasteiger partial charge on any atom is -0.488 e. The molecule has 0 saturated heterocycles. The Bertz CT molecular complexity index is 1430. The second kappa shape index (κ2) is 9.73. The van der Waals surface area contributed by atoms with Crippen molar-refractivity contribution >= 4 is 6.16 Å². The number of carbonyl (C=O) groups is 1. The Balaban J connectivity index is 1.73. The van der Waals surface area contributed by atoms with E-state index in [0.717, 1.165) is 22.3 Å². The second-order valence-corrected chi connectivity index (χ2v) is 8.19. The van der Waals surface area contributed by atoms with Gasteiger partial charge in [-0.1, -0.05) is 42.0 Å². The van der Waals surface area contributed by atoms with E-state index < -0.39 is 23.8 Å². The predicted octanol–water partition coefficient (Wildman–Crippen LogP) is 6.51. The normalized spacial score (nSPS) is 11.4. The van der Waals surface area contributed by atoms with Crippen molar-refractivity contribution in [2.24, 2.45) is 0 Å². The highest BCUT2D eigenvalue weighted by atomic mass is 19.4. The molecule has 186 valence electrons. The van der Waals surface area contributed by atoms with Gasteiger partial charge >= 0.3 is 12.3 Å². The monoisotopic (exact) mass is 497 g/mol. The van der Waals surface area contributed by atoms with Crippen LogP contribution in [0, 0.1) is 20.8 Å². The van der Waals surface area contributed by atoms with Crippen LogP contribution in [0.15, 0.2) is 60.8 Å². The maximum atomic E-state index is 13.8. The van der Waals surface area contributed by atoms with Crippen LogP contribution in [0.3, 0.4) is 0 Å². The number of rotatable bonds is 6. The Morgan fingerprint density at radius 2 is 1.78 bits per heavy atom. The lowest BCUT2D eigenvalue weighted by molar-refractivity contribution is -0.143. The van der Waals surface area contributed by atoms with Gasteiger partial charge in [0, 0.05) is 5.56 Å². The van der Waals surface area contributed by atoms with E-state index in [1.54, 1.807) is 18.2 Å². The van der Waals surface area contributed by atoms with Gasteiger partial charge < -0.3 is 14.6 Å². The maximum Gasteiger partial charge on any atom is 0.511 e. The van der Waals surface area contributed by atoms with Crippen molar-refractivity contribution in [2.75, 3.05) is 0 Å². The van der Waals surface area contributed by atoms with Gasteiger partial charge in [-0.25, -0.2) is 14.5 Å². The number of aromatic nitrogens is 3. The Morgan fingerprint density at radius 1 is 1.03 bits per heavy atom. The average molecular weight is 497 g/mol. The number of hydrogen-bond donors (Lipinski definition) is 1. The molecule has 0 atom stereocenters. The van der Waals surface area contributed by atoms with E-state index in [4.69, 9.17) is 9.84 Å². The number of benzene rings is 2. The van der Waals surface area contributed by atoms with Gasteiger partial charge in [0.25, 0.3) is 0 Å². The summed E-state index contributed by atoms with van der Waals surface area (Å²) < 4.78 is 52.2. The van der Waals surface area contributed by atoms with Crippen LogP contribution < -0.4 is 9.47 Å². The van der Waals surface area contributed by atoms with Crippen LogP contribution >= 0.6 is 0 Å². The number of aryl methyl sites for hydroxylation is 3. The molecule has 2 heterocycles. The summed E-state index contributed by atoms with van der Waals surface area (Å²) in [6.45, 7) is 6.18. The third-order valence-corrected chi connectivity index (χ3v) is 5.51. The number of carboxylic acid groups (broad SMARTS) is 1. The SMILES string of the molecule is Cc1ccc(COc2c(C)cccc2-c2cccc(-n3ncc(OC(=O)O)c3C(F)(F)F)n2)c(C)c1. The molecule has 0 aliphatic rings. The van der Waals surface area contributed by atoms with Gasteiger partial charge in [0.05, 0.1) is 11.9 Å². The van der Waals surface area contributed by atoms with Gasteiger partial charge in [0.2, 0.25) is 0 Å². The molecule has 4 rings (SSSR count). The molecule has 0 radical (unpaired) electrons. The zero-order valence-corrected chi connectivity index (χ0v) is 19.6. The van der Waals surface area contributed by atoms with Crippen molar-refractivity contribution in [3.8, 4) is 28.6 Å². The van der Waals surface area contributed by atoms with Gasteiger partial charge in [-0.05, 0) is 55.7 Å². The summed E-state index contributed by atoms with van der Waals surface area (Å²) in [7, 11) is 0. The first kappa shape index (κ1) is 24.8. The van der Waals surface area contributed by atoms with Crippen molar-refractivity contribution in [3.05, 3.63) is 88.7 Å². The van der Waals surface area contributed by atoms with Crippen molar-refractivity contribution < 1.29 is 32.5 Å². The summed E-state index contributed by atoms with van der Waals surface area (Å²) in [5.41, 5.74) is 3.63. The molecule has 36 heavy (non-hydrogen) atoms. The molecule has 0 aliphatic heterocycles. The molecule has 0 fully saturated rings. The summed E-state index contributed by atoms with van der Waals surface area (Å²) in [6, 6.07) is 16.0. The van der Waals surface area contributed by atoms with E-state index in [9.17, 15) is 18.0 Å². The molecule has 2 aromatic heterocycles. The molecule has 2 aromatic carbocycles. The van der Waals surface area contributed by atoms with Gasteiger partial charge in [-0.3, -0.25) is 0 Å². The number of pyridine rings is 1. The predicted molar refractivity (Wildman–Crippen MR) is 125 cm³/mol. The van der Waals surface area contributed by atoms with Gasteiger partial charge in [-0.15, -0.1) is 0 Å². The van der Waals surface area contributed by atoms with Crippen molar-refractivity contribution in [1.29, 1.82) is 0 Å². The van der Waals surface area contributed by atoms with Crippen molar-refractivity contribution in [3.63, 3.8) is 0 Å². The number of nitrogens with zero attached hydrogens (tertiary/aromatic N) is 3. The topological polar surface area (TPSA) is 86.5 Å². The maximum absolute atomic E-state index is 13.8. The Hall–Kier alpha value is -4.34. The summed E-state index contributed by atoms with van der Waals surface area (Å²) in [4.78, 5) is 15.2. The molecule has 0 spiro atoms. The highest BCUT2D eigenvalue weighted by Gasteiger charge is 2.41. The molecule has 0 amide bonds. The summed E-state index contributed by atoms with van der Waals surface area (Å²) >= 11 is 0. The number of ether oxygens (including phenoxy) is 2. The van der Waals surface area contributed by atoms with E-state index in [-0.39, 0.29) is 5.82 Å². The quantitative estimate of drug-likeness (QED) is 0.306. The smallest absolute Gasteiger partial charge is 0.488 e. The lowest BCUT2D eigenvalue weighted by Gasteiger charge is -2.16. The molecule has 10 heteroatoms. The Kier molecular flexibility index (Phi) is 6.69. The molecule has 0 saturated carbocycles. The number of halogens is 3. The third-order valence-electron chi connectivity index (χ3n) is 5.51. The van der Waals surface area contributed by atoms with E-state index in [1.165, 1.54) is 12.1 Å². The minimum absolute atomic E-state index is 0.165. The van der Waals surface area contributed by atoms with E-state index in [0.29, 0.717) is 34.5 Å². The van der Waals surface area contributed by atoms with Crippen LogP contribution in [-0.4, -0.2) is 26.0 Å². The highest BCUT2D eigenvalue weighted by molar-refractivity contribution is 5.70. The van der Waals surface area contributed by atoms with Crippen LogP contribution in [0.1, 0.15) is 27.9 Å². The van der Waals surface area contributed by atoms with Crippen LogP contribution in [0.2, 0.25) is 0 Å². The first-order chi connectivity index (χ1) is 17.0. The second-order valence-electron chi connectivity index (χ2n) is 8.19. The fraction of sp³-hybridized carbons (Fsp3) is 0.192. The molecular weight excluding hydrogens is 475 g/mol. The van der Waals surface area contributed by atoms with Crippen LogP contribution in [0.4, 0.5) is 18.0 Å². The molecular formula is C26H22F3N3O4. The molecule has 0 aliphatic carbocycles. The standard InChI is InChI=1S/C26H22F3N3O4/c1-15-10-11-18(17(3)12-15)14-35-23-16(2)6-4-7-19(23)20-8-5-9-22(31-20)32-24(26(27,28)29)21(13-30-32)36-25(33)34/h4-13H,14H2,1-3H3,(H,33,34). The molecule has 1 N–H and O–H groups in total. The van der Waals surface area contributed by atoms with Crippen LogP contribution in [0.5, 0.6) is 11.5 Å². The number of para-hydroxylation sites is 1.